The van der Waals surface area contributed by atoms with Crippen molar-refractivity contribution in [2.75, 3.05) is 0 Å². The summed E-state index contributed by atoms with van der Waals surface area (Å²) in [6, 6.07) is 12.2. The fraction of sp³-hybridized carbons (Fsp3) is 0.118. The molecular weight excluding hydrogens is 252 g/mol. The number of benzene rings is 2. The van der Waals surface area contributed by atoms with Gasteiger partial charge in [0.2, 0.25) is 0 Å². The average molecular weight is 266 g/mol. The van der Waals surface area contributed by atoms with Crippen LogP contribution in [0.1, 0.15) is 16.7 Å². The van der Waals surface area contributed by atoms with Gasteiger partial charge in [0.25, 0.3) is 0 Å². The van der Waals surface area contributed by atoms with E-state index in [1.807, 2.05) is 31.2 Å². The van der Waals surface area contributed by atoms with Crippen molar-refractivity contribution in [2.45, 2.75) is 13.8 Å². The summed E-state index contributed by atoms with van der Waals surface area (Å²) in [5.74, 6) is 4.89. The largest absolute Gasteiger partial charge is 0.508 e. The van der Waals surface area contributed by atoms with Crippen LogP contribution < -0.4 is 4.74 Å². The van der Waals surface area contributed by atoms with Crippen molar-refractivity contribution in [3.8, 4) is 23.3 Å². The molecule has 0 spiro atoms. The minimum atomic E-state index is -0.654. The molecule has 3 nitrogen and oxygen atoms in total. The van der Waals surface area contributed by atoms with Crippen LogP contribution in [0.2, 0.25) is 0 Å². The molecule has 0 aromatic heterocycles. The second kappa shape index (κ2) is 5.94. The van der Waals surface area contributed by atoms with Crippen LogP contribution in [0.25, 0.3) is 0 Å². The normalized spacial score (nSPS) is 9.50. The molecule has 20 heavy (non-hydrogen) atoms. The fourth-order valence-corrected chi connectivity index (χ4v) is 1.75. The third-order valence-electron chi connectivity index (χ3n) is 2.69. The molecule has 0 saturated carbocycles. The topological polar surface area (TPSA) is 46.5 Å². The molecular formula is C17H14O3. The lowest BCUT2D eigenvalue weighted by atomic mass is 10.1. The summed E-state index contributed by atoms with van der Waals surface area (Å²) in [4.78, 5) is 11.6. The maximum absolute atomic E-state index is 11.6. The summed E-state index contributed by atoms with van der Waals surface area (Å²) >= 11 is 0. The van der Waals surface area contributed by atoms with Gasteiger partial charge in [-0.3, -0.25) is 0 Å². The van der Waals surface area contributed by atoms with E-state index in [2.05, 4.69) is 11.8 Å². The number of ether oxygens (including phenoxy) is 1. The Hall–Kier alpha value is -2.73. The zero-order valence-corrected chi connectivity index (χ0v) is 11.3. The number of carbonyl (C=O) groups excluding carboxylic acids is 1. The van der Waals surface area contributed by atoms with Crippen molar-refractivity contribution >= 4 is 5.97 Å². The van der Waals surface area contributed by atoms with Gasteiger partial charge in [0.15, 0.2) is 0 Å². The van der Waals surface area contributed by atoms with Crippen LogP contribution in [0.15, 0.2) is 42.5 Å². The van der Waals surface area contributed by atoms with E-state index in [1.165, 1.54) is 6.07 Å². The molecule has 0 aliphatic heterocycles. The minimum Gasteiger partial charge on any atom is -0.508 e. The van der Waals surface area contributed by atoms with E-state index in [1.54, 1.807) is 19.1 Å². The summed E-state index contributed by atoms with van der Waals surface area (Å²) in [6.45, 7) is 3.73. The van der Waals surface area contributed by atoms with E-state index in [0.29, 0.717) is 0 Å². The van der Waals surface area contributed by atoms with Crippen molar-refractivity contribution in [3.05, 3.63) is 59.2 Å². The van der Waals surface area contributed by atoms with E-state index < -0.39 is 5.97 Å². The molecule has 0 radical (unpaired) electrons. The zero-order valence-electron chi connectivity index (χ0n) is 11.3. The molecule has 2 aromatic carbocycles. The van der Waals surface area contributed by atoms with E-state index >= 15 is 0 Å². The molecule has 0 saturated heterocycles. The first kappa shape index (κ1) is 13.7. The van der Waals surface area contributed by atoms with Crippen LogP contribution in [0.3, 0.4) is 0 Å². The highest BCUT2D eigenvalue weighted by atomic mass is 16.5. The Morgan fingerprint density at radius 1 is 1.15 bits per heavy atom. The lowest BCUT2D eigenvalue weighted by Gasteiger charge is -2.02. The highest BCUT2D eigenvalue weighted by molar-refractivity contribution is 5.91. The second-order valence-corrected chi connectivity index (χ2v) is 4.46. The third-order valence-corrected chi connectivity index (χ3v) is 2.69. The SMILES string of the molecule is Cc1cc(O)cc(OC(=O)C#Cc2ccccc2C)c1. The van der Waals surface area contributed by atoms with Crippen LogP contribution >= 0.6 is 0 Å². The zero-order chi connectivity index (χ0) is 14.5. The number of rotatable bonds is 1. The lowest BCUT2D eigenvalue weighted by Crippen LogP contribution is -2.04. The van der Waals surface area contributed by atoms with E-state index in [0.717, 1.165) is 16.7 Å². The molecule has 2 aromatic rings. The number of hydrogen-bond acceptors (Lipinski definition) is 3. The van der Waals surface area contributed by atoms with Crippen molar-refractivity contribution in [1.29, 1.82) is 0 Å². The van der Waals surface area contributed by atoms with Crippen LogP contribution in [0.5, 0.6) is 11.5 Å². The number of esters is 1. The van der Waals surface area contributed by atoms with Crippen molar-refractivity contribution in [2.24, 2.45) is 0 Å². The van der Waals surface area contributed by atoms with Gasteiger partial charge in [0.05, 0.1) is 0 Å². The van der Waals surface area contributed by atoms with Gasteiger partial charge in [-0.1, -0.05) is 24.1 Å². The Morgan fingerprint density at radius 3 is 2.60 bits per heavy atom. The Kier molecular flexibility index (Phi) is 4.07. The molecule has 0 amide bonds. The Labute approximate surface area is 117 Å². The van der Waals surface area contributed by atoms with E-state index in [-0.39, 0.29) is 11.5 Å². The van der Waals surface area contributed by atoms with Crippen LogP contribution in [-0.2, 0) is 4.79 Å². The number of carbonyl (C=O) groups is 1. The first-order valence-corrected chi connectivity index (χ1v) is 6.15. The van der Waals surface area contributed by atoms with Crippen molar-refractivity contribution < 1.29 is 14.6 Å². The molecule has 2 rings (SSSR count). The minimum absolute atomic E-state index is 0.0552. The van der Waals surface area contributed by atoms with Crippen molar-refractivity contribution in [1.82, 2.24) is 0 Å². The Morgan fingerprint density at radius 2 is 1.90 bits per heavy atom. The highest BCUT2D eigenvalue weighted by Crippen LogP contribution is 2.21. The predicted molar refractivity (Wildman–Crippen MR) is 76.5 cm³/mol. The fourth-order valence-electron chi connectivity index (χ4n) is 1.75. The van der Waals surface area contributed by atoms with Gasteiger partial charge in [-0.05, 0) is 43.2 Å². The molecule has 0 aliphatic rings. The molecule has 0 heterocycles. The van der Waals surface area contributed by atoms with Gasteiger partial charge in [0.1, 0.15) is 11.5 Å². The molecule has 0 bridgehead atoms. The van der Waals surface area contributed by atoms with Gasteiger partial charge in [0, 0.05) is 17.6 Å². The van der Waals surface area contributed by atoms with Gasteiger partial charge in [-0.2, -0.15) is 0 Å². The average Bonchev–Trinajstić information content (AvgIpc) is 2.36. The maximum Gasteiger partial charge on any atom is 0.390 e. The number of aromatic hydroxyl groups is 1. The predicted octanol–water partition coefficient (Wildman–Crippen LogP) is 2.97. The smallest absolute Gasteiger partial charge is 0.390 e. The molecule has 1 N–H and O–H groups in total. The highest BCUT2D eigenvalue weighted by Gasteiger charge is 2.03. The van der Waals surface area contributed by atoms with Crippen LogP contribution in [0, 0.1) is 25.7 Å². The summed E-state index contributed by atoms with van der Waals surface area (Å²) in [7, 11) is 0. The van der Waals surface area contributed by atoms with Gasteiger partial charge in [-0.25, -0.2) is 4.79 Å². The van der Waals surface area contributed by atoms with Gasteiger partial charge >= 0.3 is 5.97 Å². The first-order chi connectivity index (χ1) is 9.54. The van der Waals surface area contributed by atoms with Gasteiger partial charge in [-0.15, -0.1) is 0 Å². The maximum atomic E-state index is 11.6. The quantitative estimate of drug-likeness (QED) is 0.490. The Balaban J connectivity index is 2.12. The lowest BCUT2D eigenvalue weighted by molar-refractivity contribution is -0.128. The summed E-state index contributed by atoms with van der Waals surface area (Å²) in [5.41, 5.74) is 2.59. The number of aryl methyl sites for hydroxylation is 2. The molecule has 0 unspecified atom stereocenters. The number of hydrogen-bond donors (Lipinski definition) is 1. The van der Waals surface area contributed by atoms with E-state index in [4.69, 9.17) is 4.74 Å². The van der Waals surface area contributed by atoms with Crippen LogP contribution in [-0.4, -0.2) is 11.1 Å². The molecule has 3 heteroatoms. The summed E-state index contributed by atoms with van der Waals surface area (Å²) in [5, 5.41) is 9.42. The third kappa shape index (κ3) is 3.63. The van der Waals surface area contributed by atoms with Gasteiger partial charge < -0.3 is 9.84 Å². The number of phenols is 1. The first-order valence-electron chi connectivity index (χ1n) is 6.15. The monoisotopic (exact) mass is 266 g/mol. The number of phenolic OH excluding ortho intramolecular Hbond substituents is 1. The van der Waals surface area contributed by atoms with Crippen LogP contribution in [0.4, 0.5) is 0 Å². The van der Waals surface area contributed by atoms with E-state index in [9.17, 15) is 9.90 Å². The molecule has 0 aliphatic carbocycles. The summed E-state index contributed by atoms with van der Waals surface area (Å²) < 4.78 is 5.07. The standard InChI is InChI=1S/C17H14O3/c1-12-9-15(18)11-16(10-12)20-17(19)8-7-14-6-4-3-5-13(14)2/h3-6,9-11,18H,1-2H3. The molecule has 0 atom stereocenters. The van der Waals surface area contributed by atoms with Crippen molar-refractivity contribution in [3.63, 3.8) is 0 Å². The molecule has 100 valence electrons. The Bertz CT molecular complexity index is 685. The second-order valence-electron chi connectivity index (χ2n) is 4.46. The summed E-state index contributed by atoms with van der Waals surface area (Å²) in [6.07, 6.45) is 0. The molecule has 0 fully saturated rings.